The minimum Gasteiger partial charge on any atom is -0.271 e. The number of para-hydroxylation sites is 2. The molecule has 13 rings (SSSR count). The first kappa shape index (κ1) is 49.5. The van der Waals surface area contributed by atoms with Crippen LogP contribution in [0.3, 0.4) is 0 Å². The van der Waals surface area contributed by atoms with Gasteiger partial charge in [-0.1, -0.05) is 176 Å². The number of hydrogen-bond donors (Lipinski definition) is 4. The van der Waals surface area contributed by atoms with E-state index in [4.69, 9.17) is 20.4 Å². The van der Waals surface area contributed by atoms with E-state index in [2.05, 4.69) is 21.7 Å². The van der Waals surface area contributed by atoms with E-state index in [9.17, 15) is 9.59 Å². The molecule has 0 aliphatic carbocycles. The fourth-order valence-corrected chi connectivity index (χ4v) is 9.34. The number of anilines is 8. The van der Waals surface area contributed by atoms with Gasteiger partial charge in [0.05, 0.1) is 45.5 Å². The van der Waals surface area contributed by atoms with Crippen molar-refractivity contribution in [2.24, 2.45) is 20.4 Å². The van der Waals surface area contributed by atoms with E-state index in [1.54, 1.807) is 84.9 Å². The number of hydrazine groups is 4. The Morgan fingerprint density at radius 3 is 0.707 bits per heavy atom. The standard InChI is InChI=1S/C62H46N16O4/c79-59-71(47-30-15-5-16-31-47)63-55(43-22-7-1-8-23-43)65-73(59)49-34-19-36-51(40-49)75-61(81)77(69-57(67-75)45-26-11-3-12-27-45)53-38-21-39-54(42-53)78-62(82)76(68-58(70-78)46-28-13-4-14-29-46)52-37-20-35-50(41-52)74-60(80)72(48-32-17-6-18-33-48)64-56(66-74)44-24-9-2-10-25-44/h1-42H,(H,63,65)(H,64,66)(H,67,69)(H,68,70). The summed E-state index contributed by atoms with van der Waals surface area (Å²) in [5, 5.41) is 29.8. The third-order valence-electron chi connectivity index (χ3n) is 13.4. The Morgan fingerprint density at radius 1 is 0.220 bits per heavy atom. The van der Waals surface area contributed by atoms with Gasteiger partial charge in [-0.25, -0.2) is 39.2 Å². The summed E-state index contributed by atoms with van der Waals surface area (Å²) in [4.78, 5) is 59.1. The van der Waals surface area contributed by atoms with Crippen LogP contribution in [0.15, 0.2) is 275 Å². The Morgan fingerprint density at radius 2 is 0.427 bits per heavy atom. The number of amidine groups is 4. The number of nitrogens with zero attached hydrogens (tertiary/aromatic N) is 12. The summed E-state index contributed by atoms with van der Waals surface area (Å²) in [5.41, 5.74) is 18.8. The molecule has 0 saturated carbocycles. The maximum Gasteiger partial charge on any atom is 0.368 e. The van der Waals surface area contributed by atoms with E-state index in [1.807, 2.05) is 170 Å². The lowest BCUT2D eigenvalue weighted by molar-refractivity contribution is 0.248. The van der Waals surface area contributed by atoms with Crippen molar-refractivity contribution in [3.05, 3.63) is 277 Å². The van der Waals surface area contributed by atoms with Gasteiger partial charge in [-0.3, -0.25) is 21.7 Å². The van der Waals surface area contributed by atoms with Crippen LogP contribution in [0.1, 0.15) is 22.3 Å². The average Bonchev–Trinajstić information content (AvgIpc) is 3.57. The van der Waals surface area contributed by atoms with Crippen LogP contribution in [0.25, 0.3) is 0 Å². The summed E-state index contributed by atoms with van der Waals surface area (Å²) in [6, 6.07) is 74.2. The fraction of sp³-hybridized carbons (Fsp3) is 0. The molecular weight excluding hydrogens is 1030 g/mol. The lowest BCUT2D eigenvalue weighted by Gasteiger charge is -2.36. The topological polar surface area (TPSA) is 192 Å². The Labute approximate surface area is 469 Å². The molecule has 4 N–H and O–H groups in total. The van der Waals surface area contributed by atoms with E-state index in [0.717, 1.165) is 11.1 Å². The Balaban J connectivity index is 0.842. The molecule has 20 nitrogen and oxygen atoms in total. The SMILES string of the molecule is O=C1N(c2cccc(N3NC(c4ccccc4)=NN(c4cccc(N5NC(c6ccccc6)=NN(c6cccc(N7NC(c8ccccc8)=NN(c8ccccc8)C7=O)c6)C5=O)c4)C3=O)c2)N=C(c2ccccc2)NN1c1ccccc1. The Bertz CT molecular complexity index is 4020. The van der Waals surface area contributed by atoms with Crippen molar-refractivity contribution in [2.45, 2.75) is 0 Å². The number of urea groups is 4. The fourth-order valence-electron chi connectivity index (χ4n) is 9.34. The second-order valence-corrected chi connectivity index (χ2v) is 18.7. The monoisotopic (exact) mass is 1080 g/mol. The quantitative estimate of drug-likeness (QED) is 0.0929. The highest BCUT2D eigenvalue weighted by molar-refractivity contribution is 6.17. The largest absolute Gasteiger partial charge is 0.368 e. The molecule has 0 saturated heterocycles. The Hall–Kier alpha value is -12.1. The van der Waals surface area contributed by atoms with Gasteiger partial charge in [-0.15, -0.1) is 20.4 Å². The van der Waals surface area contributed by atoms with E-state index in [0.29, 0.717) is 80.0 Å². The predicted octanol–water partition coefficient (Wildman–Crippen LogP) is 10.9. The smallest absolute Gasteiger partial charge is 0.271 e. The van der Waals surface area contributed by atoms with Crippen LogP contribution in [0, 0.1) is 0 Å². The first-order valence-corrected chi connectivity index (χ1v) is 25.9. The van der Waals surface area contributed by atoms with Gasteiger partial charge in [0, 0.05) is 22.3 Å². The highest BCUT2D eigenvalue weighted by atomic mass is 16.2. The molecule has 4 aliphatic rings. The number of benzene rings is 9. The molecule has 0 bridgehead atoms. The molecule has 0 atom stereocenters. The number of hydrazone groups is 4. The summed E-state index contributed by atoms with van der Waals surface area (Å²) in [7, 11) is 0. The summed E-state index contributed by atoms with van der Waals surface area (Å²) in [6.07, 6.45) is 0. The van der Waals surface area contributed by atoms with Gasteiger partial charge in [0.25, 0.3) is 0 Å². The minimum atomic E-state index is -0.616. The van der Waals surface area contributed by atoms with Crippen molar-refractivity contribution in [3.63, 3.8) is 0 Å². The van der Waals surface area contributed by atoms with Gasteiger partial charge in [-0.2, -0.15) is 20.0 Å². The van der Waals surface area contributed by atoms with Crippen molar-refractivity contribution in [1.82, 2.24) is 21.7 Å². The molecule has 20 heteroatoms. The van der Waals surface area contributed by atoms with Gasteiger partial charge in [0.15, 0.2) is 23.3 Å². The third-order valence-corrected chi connectivity index (χ3v) is 13.4. The number of rotatable bonds is 12. The molecular formula is C62H46N16O4. The summed E-state index contributed by atoms with van der Waals surface area (Å²) < 4.78 is 0. The lowest BCUT2D eigenvalue weighted by atomic mass is 10.2. The molecule has 0 radical (unpaired) electrons. The van der Waals surface area contributed by atoms with Gasteiger partial charge in [-0.05, 0) is 78.9 Å². The summed E-state index contributed by atoms with van der Waals surface area (Å²) in [5.74, 6) is 1.47. The van der Waals surface area contributed by atoms with Crippen LogP contribution in [-0.2, 0) is 0 Å². The zero-order valence-corrected chi connectivity index (χ0v) is 43.2. The first-order valence-electron chi connectivity index (χ1n) is 25.9. The number of amides is 8. The zero-order valence-electron chi connectivity index (χ0n) is 43.2. The highest BCUT2D eigenvalue weighted by Crippen LogP contribution is 2.34. The Kier molecular flexibility index (Phi) is 12.9. The molecule has 82 heavy (non-hydrogen) atoms. The van der Waals surface area contributed by atoms with Gasteiger partial charge in [0.2, 0.25) is 0 Å². The number of carbonyl (C=O) groups is 4. The van der Waals surface area contributed by atoms with Gasteiger partial charge in [0.1, 0.15) is 0 Å². The second-order valence-electron chi connectivity index (χ2n) is 18.7. The van der Waals surface area contributed by atoms with Crippen molar-refractivity contribution in [2.75, 3.05) is 40.1 Å². The minimum absolute atomic E-state index is 0.298. The zero-order chi connectivity index (χ0) is 55.5. The molecule has 0 unspecified atom stereocenters. The number of hydrogen-bond acceptors (Lipinski definition) is 12. The second kappa shape index (κ2) is 21.4. The molecule has 0 fully saturated rings. The lowest BCUT2D eigenvalue weighted by Crippen LogP contribution is -2.57. The molecule has 9 aromatic rings. The van der Waals surface area contributed by atoms with Crippen LogP contribution in [0.5, 0.6) is 0 Å². The maximum atomic E-state index is 15.1. The molecule has 0 spiro atoms. The molecule has 9 aromatic carbocycles. The van der Waals surface area contributed by atoms with E-state index in [-0.39, 0.29) is 0 Å². The van der Waals surface area contributed by atoms with Gasteiger partial charge < -0.3 is 0 Å². The van der Waals surface area contributed by atoms with E-state index in [1.165, 1.54) is 40.1 Å². The average molecular weight is 1080 g/mol. The molecule has 4 heterocycles. The third kappa shape index (κ3) is 9.62. The molecule has 0 aromatic heterocycles. The van der Waals surface area contributed by atoms with Crippen LogP contribution >= 0.6 is 0 Å². The summed E-state index contributed by atoms with van der Waals surface area (Å²) >= 11 is 0. The number of carbonyl (C=O) groups excluding carboxylic acids is 4. The van der Waals surface area contributed by atoms with Crippen molar-refractivity contribution >= 4 is 93.0 Å². The molecule has 4 aliphatic heterocycles. The van der Waals surface area contributed by atoms with Crippen LogP contribution in [0.2, 0.25) is 0 Å². The highest BCUT2D eigenvalue weighted by Gasteiger charge is 2.37. The van der Waals surface area contributed by atoms with Crippen molar-refractivity contribution in [1.29, 1.82) is 0 Å². The predicted molar refractivity (Wildman–Crippen MR) is 318 cm³/mol. The van der Waals surface area contributed by atoms with Gasteiger partial charge >= 0.3 is 24.1 Å². The van der Waals surface area contributed by atoms with Crippen LogP contribution in [-0.4, -0.2) is 47.5 Å². The van der Waals surface area contributed by atoms with E-state index >= 15 is 9.59 Å². The molecule has 398 valence electrons. The van der Waals surface area contributed by atoms with E-state index < -0.39 is 24.1 Å². The maximum absolute atomic E-state index is 15.1. The normalized spacial score (nSPS) is 15.4. The van der Waals surface area contributed by atoms with Crippen molar-refractivity contribution in [3.8, 4) is 0 Å². The van der Waals surface area contributed by atoms with Crippen LogP contribution < -0.4 is 61.8 Å². The molecule has 8 amide bonds. The number of nitrogens with one attached hydrogen (secondary N) is 4. The summed E-state index contributed by atoms with van der Waals surface area (Å²) in [6.45, 7) is 0. The first-order chi connectivity index (χ1) is 40.3. The van der Waals surface area contributed by atoms with Crippen LogP contribution in [0.4, 0.5) is 64.7 Å². The van der Waals surface area contributed by atoms with Crippen molar-refractivity contribution < 1.29 is 19.2 Å².